The highest BCUT2D eigenvalue weighted by atomic mass is 79.9. The first-order chi connectivity index (χ1) is 8.50. The summed E-state index contributed by atoms with van der Waals surface area (Å²) in [7, 11) is 0. The summed E-state index contributed by atoms with van der Waals surface area (Å²) in [5, 5.41) is 0. The van der Waals surface area contributed by atoms with E-state index in [2.05, 4.69) is 15.9 Å². The second kappa shape index (κ2) is 4.94. The number of halogens is 1. The number of benzene rings is 2. The summed E-state index contributed by atoms with van der Waals surface area (Å²) >= 11 is 3.36. The van der Waals surface area contributed by atoms with Gasteiger partial charge in [-0.25, -0.2) is 0 Å². The van der Waals surface area contributed by atoms with Crippen LogP contribution in [0.25, 0.3) is 0 Å². The van der Waals surface area contributed by atoms with Crippen LogP contribution in [0, 0.1) is 13.8 Å². The maximum atomic E-state index is 12.5. The molecule has 0 aliphatic heterocycles. The van der Waals surface area contributed by atoms with Crippen molar-refractivity contribution in [1.82, 2.24) is 0 Å². The van der Waals surface area contributed by atoms with Crippen molar-refractivity contribution in [3.8, 4) is 0 Å². The first-order valence-corrected chi connectivity index (χ1v) is 6.46. The molecular weight excluding hydrogens is 290 g/mol. The predicted octanol–water partition coefficient (Wildman–Crippen LogP) is 3.88. The zero-order valence-corrected chi connectivity index (χ0v) is 11.9. The fraction of sp³-hybridized carbons (Fsp3) is 0.133. The lowest BCUT2D eigenvalue weighted by atomic mass is 9.95. The highest BCUT2D eigenvalue weighted by molar-refractivity contribution is 9.10. The number of carbonyl (C=O) groups excluding carboxylic acids is 1. The Morgan fingerprint density at radius 2 is 1.83 bits per heavy atom. The van der Waals surface area contributed by atoms with Gasteiger partial charge in [-0.2, -0.15) is 0 Å². The van der Waals surface area contributed by atoms with Gasteiger partial charge in [0.25, 0.3) is 0 Å². The summed E-state index contributed by atoms with van der Waals surface area (Å²) < 4.78 is 0.852. The molecule has 0 spiro atoms. The number of rotatable bonds is 2. The van der Waals surface area contributed by atoms with Gasteiger partial charge in [-0.15, -0.1) is 0 Å². The van der Waals surface area contributed by atoms with Crippen LogP contribution in [0.2, 0.25) is 0 Å². The summed E-state index contributed by atoms with van der Waals surface area (Å²) in [4.78, 5) is 12.5. The minimum atomic E-state index is -0.0324. The van der Waals surface area contributed by atoms with Crippen LogP contribution in [-0.2, 0) is 0 Å². The van der Waals surface area contributed by atoms with Gasteiger partial charge < -0.3 is 5.73 Å². The van der Waals surface area contributed by atoms with Crippen LogP contribution < -0.4 is 5.73 Å². The molecule has 18 heavy (non-hydrogen) atoms. The van der Waals surface area contributed by atoms with Gasteiger partial charge in [-0.3, -0.25) is 4.79 Å². The Labute approximate surface area is 115 Å². The Morgan fingerprint density at radius 1 is 1.11 bits per heavy atom. The molecule has 2 aromatic rings. The van der Waals surface area contributed by atoms with Gasteiger partial charge in [-0.1, -0.05) is 34.1 Å². The van der Waals surface area contributed by atoms with Crippen LogP contribution in [0.1, 0.15) is 27.0 Å². The molecule has 2 aromatic carbocycles. The molecule has 0 atom stereocenters. The highest BCUT2D eigenvalue weighted by Gasteiger charge is 2.15. The Morgan fingerprint density at radius 3 is 2.56 bits per heavy atom. The molecule has 0 saturated carbocycles. The predicted molar refractivity (Wildman–Crippen MR) is 77.9 cm³/mol. The minimum absolute atomic E-state index is 0.0324. The van der Waals surface area contributed by atoms with Crippen molar-refractivity contribution < 1.29 is 4.79 Å². The van der Waals surface area contributed by atoms with E-state index in [1.165, 1.54) is 0 Å². The van der Waals surface area contributed by atoms with Crippen molar-refractivity contribution in [1.29, 1.82) is 0 Å². The van der Waals surface area contributed by atoms with E-state index in [1.807, 2.05) is 38.1 Å². The molecule has 0 saturated heterocycles. The topological polar surface area (TPSA) is 43.1 Å². The maximum absolute atomic E-state index is 12.5. The second-order valence-electron chi connectivity index (χ2n) is 4.31. The van der Waals surface area contributed by atoms with E-state index in [0.717, 1.165) is 15.6 Å². The monoisotopic (exact) mass is 303 g/mol. The van der Waals surface area contributed by atoms with Gasteiger partial charge in [0.1, 0.15) is 0 Å². The van der Waals surface area contributed by atoms with Gasteiger partial charge in [0, 0.05) is 21.3 Å². The number of nitrogen functional groups attached to an aromatic ring is 1. The van der Waals surface area contributed by atoms with Gasteiger partial charge in [0.2, 0.25) is 0 Å². The summed E-state index contributed by atoms with van der Waals surface area (Å²) in [6, 6.07) is 11.1. The van der Waals surface area contributed by atoms with Crippen LogP contribution in [0.3, 0.4) is 0 Å². The first kappa shape index (κ1) is 12.8. The smallest absolute Gasteiger partial charge is 0.195 e. The highest BCUT2D eigenvalue weighted by Crippen LogP contribution is 2.23. The molecule has 0 aliphatic rings. The summed E-state index contributed by atoms with van der Waals surface area (Å²) in [5.41, 5.74) is 9.73. The third-order valence-corrected chi connectivity index (χ3v) is 3.60. The first-order valence-electron chi connectivity index (χ1n) is 5.66. The standard InChI is InChI=1S/C15H14BrNO/c1-9-4-3-5-12(10(9)2)15(18)13-8-11(16)6-7-14(13)17/h3-8H,17H2,1-2H3. The van der Waals surface area contributed by atoms with Crippen molar-refractivity contribution >= 4 is 27.4 Å². The van der Waals surface area contributed by atoms with E-state index in [0.29, 0.717) is 16.8 Å². The van der Waals surface area contributed by atoms with Gasteiger partial charge >= 0.3 is 0 Å². The van der Waals surface area contributed by atoms with Crippen molar-refractivity contribution in [3.05, 3.63) is 63.1 Å². The lowest BCUT2D eigenvalue weighted by Crippen LogP contribution is -2.07. The number of hydrogen-bond donors (Lipinski definition) is 1. The number of hydrogen-bond acceptors (Lipinski definition) is 2. The Balaban J connectivity index is 2.55. The molecule has 3 heteroatoms. The molecule has 2 N–H and O–H groups in total. The molecule has 0 radical (unpaired) electrons. The molecule has 0 fully saturated rings. The van der Waals surface area contributed by atoms with E-state index in [-0.39, 0.29) is 5.78 Å². The second-order valence-corrected chi connectivity index (χ2v) is 5.22. The van der Waals surface area contributed by atoms with Crippen LogP contribution in [-0.4, -0.2) is 5.78 Å². The third kappa shape index (κ3) is 2.31. The molecule has 2 rings (SSSR count). The van der Waals surface area contributed by atoms with Gasteiger partial charge in [-0.05, 0) is 43.2 Å². The third-order valence-electron chi connectivity index (χ3n) is 3.11. The molecule has 0 amide bonds. The van der Waals surface area contributed by atoms with Crippen LogP contribution in [0.5, 0.6) is 0 Å². The molecule has 0 unspecified atom stereocenters. The molecule has 2 nitrogen and oxygen atoms in total. The van der Waals surface area contributed by atoms with Crippen LogP contribution >= 0.6 is 15.9 Å². The van der Waals surface area contributed by atoms with Crippen molar-refractivity contribution in [2.45, 2.75) is 13.8 Å². The molecule has 0 bridgehead atoms. The molecular formula is C15H14BrNO. The Kier molecular flexibility index (Phi) is 3.53. The van der Waals surface area contributed by atoms with E-state index >= 15 is 0 Å². The van der Waals surface area contributed by atoms with Gasteiger partial charge in [0.15, 0.2) is 5.78 Å². The molecule has 0 aliphatic carbocycles. The summed E-state index contributed by atoms with van der Waals surface area (Å²) in [6.07, 6.45) is 0. The van der Waals surface area contributed by atoms with Crippen molar-refractivity contribution in [3.63, 3.8) is 0 Å². The molecule has 0 aromatic heterocycles. The minimum Gasteiger partial charge on any atom is -0.398 e. The lowest BCUT2D eigenvalue weighted by molar-refractivity contribution is 0.103. The van der Waals surface area contributed by atoms with Crippen LogP contribution in [0.4, 0.5) is 5.69 Å². The van der Waals surface area contributed by atoms with E-state index in [4.69, 9.17) is 5.73 Å². The normalized spacial score (nSPS) is 10.4. The average molecular weight is 304 g/mol. The number of nitrogens with two attached hydrogens (primary N) is 1. The van der Waals surface area contributed by atoms with E-state index in [9.17, 15) is 4.79 Å². The van der Waals surface area contributed by atoms with Gasteiger partial charge in [0.05, 0.1) is 0 Å². The Hall–Kier alpha value is -1.61. The van der Waals surface area contributed by atoms with E-state index < -0.39 is 0 Å². The number of ketones is 1. The zero-order chi connectivity index (χ0) is 13.3. The van der Waals surface area contributed by atoms with Crippen molar-refractivity contribution in [2.24, 2.45) is 0 Å². The molecule has 0 heterocycles. The summed E-state index contributed by atoms with van der Waals surface area (Å²) in [6.45, 7) is 3.95. The quantitative estimate of drug-likeness (QED) is 0.676. The maximum Gasteiger partial charge on any atom is 0.195 e. The average Bonchev–Trinajstić information content (AvgIpc) is 2.35. The van der Waals surface area contributed by atoms with Crippen molar-refractivity contribution in [2.75, 3.05) is 5.73 Å². The zero-order valence-electron chi connectivity index (χ0n) is 10.3. The fourth-order valence-electron chi connectivity index (χ4n) is 1.87. The van der Waals surface area contributed by atoms with E-state index in [1.54, 1.807) is 12.1 Å². The number of carbonyl (C=O) groups is 1. The summed E-state index contributed by atoms with van der Waals surface area (Å²) in [5.74, 6) is -0.0324. The largest absolute Gasteiger partial charge is 0.398 e. The SMILES string of the molecule is Cc1cccc(C(=O)c2cc(Br)ccc2N)c1C. The Bertz CT molecular complexity index is 616. The lowest BCUT2D eigenvalue weighted by Gasteiger charge is -2.09. The number of aryl methyl sites for hydroxylation is 1. The number of anilines is 1. The molecule has 92 valence electrons. The fourth-order valence-corrected chi connectivity index (χ4v) is 2.23. The van der Waals surface area contributed by atoms with Crippen LogP contribution in [0.15, 0.2) is 40.9 Å².